The Morgan fingerprint density at radius 1 is 0.369 bits per heavy atom. The van der Waals surface area contributed by atoms with Crippen molar-refractivity contribution in [2.24, 2.45) is 0 Å². The van der Waals surface area contributed by atoms with Gasteiger partial charge in [0.05, 0.1) is 19.8 Å². The van der Waals surface area contributed by atoms with Crippen LogP contribution in [0, 0.1) is 0 Å². The lowest BCUT2D eigenvalue weighted by Crippen LogP contribution is -2.31. The fraction of sp³-hybridized carbons (Fsp3) is 0.906. The van der Waals surface area contributed by atoms with E-state index in [1.807, 2.05) is 19.0 Å². The molecule has 12 heteroatoms. The van der Waals surface area contributed by atoms with Gasteiger partial charge in [0, 0.05) is 32.2 Å². The monoisotopic (exact) mass is 926 g/mol. The van der Waals surface area contributed by atoms with Crippen LogP contribution in [0.2, 0.25) is 0 Å². The maximum Gasteiger partial charge on any atom is 0.509 e. The van der Waals surface area contributed by atoms with Gasteiger partial charge in [-0.2, -0.15) is 0 Å². The standard InChI is InChI=1S/C53H99NO11/c1-7-11-15-19-21-27-36-46(34-25-17-13-9-3)63-50(56)38-29-23-31-43-60-49(55)41-40-48(65-53(59)62-45-33-42-54(5)6)52(58)61-44-32-24-30-39-51(57)64-47(35-26-18-14-10-4)37-28-22-20-16-12-8-2/h46-48H,7-45H2,1-6H3. The fourth-order valence-corrected chi connectivity index (χ4v) is 7.70. The fourth-order valence-electron chi connectivity index (χ4n) is 7.70. The second-order valence-corrected chi connectivity index (χ2v) is 18.4. The molecule has 0 saturated carbocycles. The van der Waals surface area contributed by atoms with Gasteiger partial charge in [0.1, 0.15) is 12.2 Å². The van der Waals surface area contributed by atoms with Crippen LogP contribution >= 0.6 is 0 Å². The molecule has 0 N–H and O–H groups in total. The van der Waals surface area contributed by atoms with E-state index < -0.39 is 24.2 Å². The van der Waals surface area contributed by atoms with E-state index in [4.69, 9.17) is 28.4 Å². The van der Waals surface area contributed by atoms with Gasteiger partial charge in [-0.25, -0.2) is 9.59 Å². The number of rotatable bonds is 47. The van der Waals surface area contributed by atoms with Gasteiger partial charge in [-0.15, -0.1) is 0 Å². The summed E-state index contributed by atoms with van der Waals surface area (Å²) in [5.74, 6) is -1.61. The van der Waals surface area contributed by atoms with E-state index in [9.17, 15) is 24.0 Å². The maximum atomic E-state index is 13.1. The van der Waals surface area contributed by atoms with Crippen LogP contribution in [0.1, 0.15) is 252 Å². The minimum Gasteiger partial charge on any atom is -0.466 e. The molecule has 0 spiro atoms. The van der Waals surface area contributed by atoms with Crippen molar-refractivity contribution in [3.05, 3.63) is 0 Å². The quantitative estimate of drug-likeness (QED) is 0.0325. The topological polar surface area (TPSA) is 144 Å². The lowest BCUT2D eigenvalue weighted by Gasteiger charge is -2.18. The molecule has 12 nitrogen and oxygen atoms in total. The molecule has 0 aromatic rings. The first-order valence-corrected chi connectivity index (χ1v) is 26.7. The zero-order chi connectivity index (χ0) is 48.0. The molecule has 65 heavy (non-hydrogen) atoms. The summed E-state index contributed by atoms with van der Waals surface area (Å²) in [7, 11) is 3.83. The molecule has 3 unspecified atom stereocenters. The third-order valence-corrected chi connectivity index (χ3v) is 11.8. The smallest absolute Gasteiger partial charge is 0.466 e. The molecule has 3 atom stereocenters. The second kappa shape index (κ2) is 46.2. The number of ether oxygens (including phenoxy) is 6. The van der Waals surface area contributed by atoms with Gasteiger partial charge in [-0.3, -0.25) is 14.4 Å². The van der Waals surface area contributed by atoms with Gasteiger partial charge in [-0.1, -0.05) is 130 Å². The highest BCUT2D eigenvalue weighted by atomic mass is 16.7. The van der Waals surface area contributed by atoms with Crippen LogP contribution in [-0.2, 0) is 47.6 Å². The van der Waals surface area contributed by atoms with E-state index in [2.05, 4.69) is 27.7 Å². The number of unbranched alkanes of at least 4 members (excludes halogenated alkanes) is 20. The van der Waals surface area contributed by atoms with Gasteiger partial charge in [0.15, 0.2) is 0 Å². The molecule has 0 aliphatic carbocycles. The molecule has 0 fully saturated rings. The Morgan fingerprint density at radius 2 is 0.754 bits per heavy atom. The summed E-state index contributed by atoms with van der Waals surface area (Å²) in [4.78, 5) is 65.6. The summed E-state index contributed by atoms with van der Waals surface area (Å²) < 4.78 is 33.2. The van der Waals surface area contributed by atoms with Crippen molar-refractivity contribution in [3.63, 3.8) is 0 Å². The van der Waals surface area contributed by atoms with Gasteiger partial charge in [0.2, 0.25) is 6.10 Å². The Labute approximate surface area is 397 Å². The zero-order valence-corrected chi connectivity index (χ0v) is 42.7. The number of carbonyl (C=O) groups excluding carboxylic acids is 5. The van der Waals surface area contributed by atoms with Crippen molar-refractivity contribution in [3.8, 4) is 0 Å². The van der Waals surface area contributed by atoms with Crippen molar-refractivity contribution < 1.29 is 52.4 Å². The van der Waals surface area contributed by atoms with Crippen LogP contribution in [0.4, 0.5) is 4.79 Å². The summed E-state index contributed by atoms with van der Waals surface area (Å²) >= 11 is 0. The van der Waals surface area contributed by atoms with E-state index in [-0.39, 0.29) is 56.8 Å². The number of nitrogens with zero attached hydrogens (tertiary/aromatic N) is 1. The molecule has 0 heterocycles. The van der Waals surface area contributed by atoms with Crippen molar-refractivity contribution in [2.75, 3.05) is 40.5 Å². The van der Waals surface area contributed by atoms with E-state index in [1.165, 1.54) is 96.3 Å². The van der Waals surface area contributed by atoms with Crippen LogP contribution in [-0.4, -0.2) is 93.7 Å². The molecule has 0 rings (SSSR count). The predicted molar refractivity (Wildman–Crippen MR) is 261 cm³/mol. The van der Waals surface area contributed by atoms with E-state index >= 15 is 0 Å². The molecule has 0 aromatic heterocycles. The first kappa shape index (κ1) is 62.1. The zero-order valence-electron chi connectivity index (χ0n) is 42.7. The lowest BCUT2D eigenvalue weighted by atomic mass is 10.0. The molecular weight excluding hydrogens is 827 g/mol. The minimum atomic E-state index is -1.33. The highest BCUT2D eigenvalue weighted by molar-refractivity contribution is 5.78. The number of hydrogen-bond donors (Lipinski definition) is 0. The van der Waals surface area contributed by atoms with E-state index in [1.54, 1.807) is 0 Å². The van der Waals surface area contributed by atoms with Crippen molar-refractivity contribution in [1.29, 1.82) is 0 Å². The van der Waals surface area contributed by atoms with Crippen LogP contribution in [0.15, 0.2) is 0 Å². The predicted octanol–water partition coefficient (Wildman–Crippen LogP) is 13.7. The van der Waals surface area contributed by atoms with Crippen LogP contribution in [0.5, 0.6) is 0 Å². The molecule has 0 aromatic carbocycles. The van der Waals surface area contributed by atoms with Gasteiger partial charge in [-0.05, 0) is 110 Å². The molecule has 0 aliphatic rings. The third kappa shape index (κ3) is 42.2. The van der Waals surface area contributed by atoms with Gasteiger partial charge < -0.3 is 33.3 Å². The summed E-state index contributed by atoms with van der Waals surface area (Å²) in [5.41, 5.74) is 0. The van der Waals surface area contributed by atoms with Crippen LogP contribution in [0.25, 0.3) is 0 Å². The molecule has 382 valence electrons. The Kier molecular flexibility index (Phi) is 44.2. The number of carbonyl (C=O) groups is 5. The summed E-state index contributed by atoms with van der Waals surface area (Å²) in [5, 5.41) is 0. The highest BCUT2D eigenvalue weighted by Gasteiger charge is 2.27. The molecular formula is C53H99NO11. The third-order valence-electron chi connectivity index (χ3n) is 11.8. The molecule has 0 aliphatic heterocycles. The second-order valence-electron chi connectivity index (χ2n) is 18.4. The van der Waals surface area contributed by atoms with Crippen molar-refractivity contribution in [2.45, 2.75) is 271 Å². The molecule has 0 radical (unpaired) electrons. The average molecular weight is 926 g/mol. The normalized spacial score (nSPS) is 12.7. The van der Waals surface area contributed by atoms with Crippen LogP contribution in [0.3, 0.4) is 0 Å². The van der Waals surface area contributed by atoms with Crippen LogP contribution < -0.4 is 0 Å². The molecule has 0 saturated heterocycles. The summed E-state index contributed by atoms with van der Waals surface area (Å²) in [6.07, 6.45) is 29.9. The Bertz CT molecular complexity index is 1150. The first-order chi connectivity index (χ1) is 31.6. The SMILES string of the molecule is CCCCCCCCC(CCCCCC)OC(=O)CCCCCOC(=O)CCC(OC(=O)OCCCN(C)C)C(=O)OCCCCCC(=O)OC(CCCCCC)CCCCCCCC. The first-order valence-electron chi connectivity index (χ1n) is 26.7. The van der Waals surface area contributed by atoms with Gasteiger partial charge in [0.25, 0.3) is 0 Å². The number of hydrogen-bond acceptors (Lipinski definition) is 12. The largest absolute Gasteiger partial charge is 0.509 e. The lowest BCUT2D eigenvalue weighted by molar-refractivity contribution is -0.157. The summed E-state index contributed by atoms with van der Waals surface area (Å²) in [6, 6.07) is 0. The van der Waals surface area contributed by atoms with Gasteiger partial charge >= 0.3 is 30.0 Å². The highest BCUT2D eigenvalue weighted by Crippen LogP contribution is 2.20. The number of esters is 4. The Hall–Kier alpha value is -2.89. The Balaban J connectivity index is 4.78. The maximum absolute atomic E-state index is 13.1. The average Bonchev–Trinajstić information content (AvgIpc) is 3.28. The van der Waals surface area contributed by atoms with E-state index in [0.717, 1.165) is 57.8 Å². The Morgan fingerprint density at radius 3 is 1.20 bits per heavy atom. The summed E-state index contributed by atoms with van der Waals surface area (Å²) in [6.45, 7) is 9.94. The van der Waals surface area contributed by atoms with E-state index in [0.29, 0.717) is 64.3 Å². The minimum absolute atomic E-state index is 0.00815. The molecule has 0 amide bonds. The molecule has 0 bridgehead atoms. The van der Waals surface area contributed by atoms with Crippen molar-refractivity contribution in [1.82, 2.24) is 4.90 Å². The van der Waals surface area contributed by atoms with Crippen molar-refractivity contribution >= 4 is 30.0 Å².